The second-order valence-electron chi connectivity index (χ2n) is 5.96. The Bertz CT molecular complexity index is 523. The predicted octanol–water partition coefficient (Wildman–Crippen LogP) is 2.45. The fraction of sp³-hybridized carbons (Fsp3) is 0.562. The topological polar surface area (TPSA) is 30.9 Å². The lowest BCUT2D eigenvalue weighted by molar-refractivity contribution is 0.371. The Morgan fingerprint density at radius 2 is 2.00 bits per heavy atom. The Labute approximate surface area is 131 Å². The first-order chi connectivity index (χ1) is 10.2. The molecule has 1 aliphatic heterocycles. The predicted molar refractivity (Wildman–Crippen MR) is 89.3 cm³/mol. The molecule has 2 fully saturated rings. The molecule has 1 heterocycles. The number of piperazine rings is 1. The third-order valence-electron chi connectivity index (χ3n) is 4.39. The molecule has 21 heavy (non-hydrogen) atoms. The van der Waals surface area contributed by atoms with Crippen LogP contribution in [-0.2, 0) is 0 Å². The summed E-state index contributed by atoms with van der Waals surface area (Å²) < 4.78 is 0. The summed E-state index contributed by atoms with van der Waals surface area (Å²) in [5, 5.41) is 4.36. The quantitative estimate of drug-likeness (QED) is 0.672. The van der Waals surface area contributed by atoms with Crippen molar-refractivity contribution in [2.24, 2.45) is 10.9 Å². The van der Waals surface area contributed by atoms with Gasteiger partial charge in [-0.3, -0.25) is 4.99 Å². The van der Waals surface area contributed by atoms with Crippen LogP contribution in [0.1, 0.15) is 13.3 Å². The zero-order valence-corrected chi connectivity index (χ0v) is 13.5. The van der Waals surface area contributed by atoms with E-state index in [0.29, 0.717) is 6.04 Å². The van der Waals surface area contributed by atoms with Crippen LogP contribution in [0.2, 0.25) is 5.02 Å². The van der Waals surface area contributed by atoms with E-state index in [2.05, 4.69) is 33.1 Å². The highest BCUT2D eigenvalue weighted by Gasteiger charge is 2.34. The minimum absolute atomic E-state index is 0.620. The molecule has 1 aromatic carbocycles. The maximum absolute atomic E-state index is 6.08. The number of anilines is 1. The SMILES string of the molecule is CN=C(NC1CC1C)N1CCN(c2cccc(Cl)c2)CC1. The summed E-state index contributed by atoms with van der Waals surface area (Å²) in [5.74, 6) is 1.84. The van der Waals surface area contributed by atoms with E-state index < -0.39 is 0 Å². The van der Waals surface area contributed by atoms with Crippen LogP contribution in [0, 0.1) is 5.92 Å². The van der Waals surface area contributed by atoms with E-state index >= 15 is 0 Å². The lowest BCUT2D eigenvalue weighted by Crippen LogP contribution is -2.53. The van der Waals surface area contributed by atoms with Crippen molar-refractivity contribution in [2.75, 3.05) is 38.1 Å². The Balaban J connectivity index is 1.57. The summed E-state index contributed by atoms with van der Waals surface area (Å²) in [6, 6.07) is 8.72. The number of nitrogens with one attached hydrogen (secondary N) is 1. The Morgan fingerprint density at radius 3 is 2.57 bits per heavy atom. The van der Waals surface area contributed by atoms with E-state index in [0.717, 1.165) is 43.1 Å². The Hall–Kier alpha value is -1.42. The van der Waals surface area contributed by atoms with Gasteiger partial charge in [-0.15, -0.1) is 0 Å². The molecule has 2 aliphatic rings. The van der Waals surface area contributed by atoms with Crippen molar-refractivity contribution < 1.29 is 0 Å². The third-order valence-corrected chi connectivity index (χ3v) is 4.62. The maximum Gasteiger partial charge on any atom is 0.193 e. The van der Waals surface area contributed by atoms with Gasteiger partial charge in [0.15, 0.2) is 5.96 Å². The van der Waals surface area contributed by atoms with E-state index in [1.807, 2.05) is 25.2 Å². The van der Waals surface area contributed by atoms with Crippen molar-refractivity contribution in [3.63, 3.8) is 0 Å². The molecule has 2 unspecified atom stereocenters. The summed E-state index contributed by atoms with van der Waals surface area (Å²) in [6.45, 7) is 6.27. The fourth-order valence-electron chi connectivity index (χ4n) is 2.84. The van der Waals surface area contributed by atoms with Crippen molar-refractivity contribution in [1.82, 2.24) is 10.2 Å². The van der Waals surface area contributed by atoms with Crippen LogP contribution < -0.4 is 10.2 Å². The molecule has 0 radical (unpaired) electrons. The van der Waals surface area contributed by atoms with Crippen LogP contribution in [0.5, 0.6) is 0 Å². The van der Waals surface area contributed by atoms with E-state index in [9.17, 15) is 0 Å². The second kappa shape index (κ2) is 6.14. The fourth-order valence-corrected chi connectivity index (χ4v) is 3.02. The van der Waals surface area contributed by atoms with Gasteiger partial charge in [-0.25, -0.2) is 0 Å². The highest BCUT2D eigenvalue weighted by atomic mass is 35.5. The van der Waals surface area contributed by atoms with E-state index in [4.69, 9.17) is 11.6 Å². The van der Waals surface area contributed by atoms with Crippen LogP contribution in [0.4, 0.5) is 5.69 Å². The second-order valence-corrected chi connectivity index (χ2v) is 6.40. The Kier molecular flexibility index (Phi) is 4.24. The summed E-state index contributed by atoms with van der Waals surface area (Å²) in [4.78, 5) is 9.17. The van der Waals surface area contributed by atoms with Gasteiger partial charge in [-0.1, -0.05) is 24.6 Å². The van der Waals surface area contributed by atoms with Gasteiger partial charge >= 0.3 is 0 Å². The minimum Gasteiger partial charge on any atom is -0.368 e. The molecule has 5 heteroatoms. The lowest BCUT2D eigenvalue weighted by atomic mass is 10.2. The molecule has 3 rings (SSSR count). The van der Waals surface area contributed by atoms with Gasteiger partial charge in [0.1, 0.15) is 0 Å². The number of rotatable bonds is 2. The van der Waals surface area contributed by atoms with Crippen LogP contribution in [-0.4, -0.2) is 50.1 Å². The molecule has 1 N–H and O–H groups in total. The highest BCUT2D eigenvalue weighted by Crippen LogP contribution is 2.29. The molecular formula is C16H23ClN4. The number of aliphatic imine (C=N–C) groups is 1. The normalized spacial score (nSPS) is 26.0. The molecular weight excluding hydrogens is 284 g/mol. The molecule has 1 aromatic rings. The Morgan fingerprint density at radius 1 is 1.29 bits per heavy atom. The van der Waals surface area contributed by atoms with Crippen LogP contribution in [0.25, 0.3) is 0 Å². The third kappa shape index (κ3) is 3.43. The number of benzene rings is 1. The number of halogens is 1. The van der Waals surface area contributed by atoms with Crippen LogP contribution >= 0.6 is 11.6 Å². The van der Waals surface area contributed by atoms with E-state index in [-0.39, 0.29) is 0 Å². The maximum atomic E-state index is 6.08. The molecule has 1 saturated heterocycles. The first kappa shape index (κ1) is 14.5. The molecule has 0 aromatic heterocycles. The van der Waals surface area contributed by atoms with Gasteiger partial charge in [0.25, 0.3) is 0 Å². The number of guanidine groups is 1. The summed E-state index contributed by atoms with van der Waals surface area (Å²) >= 11 is 6.08. The van der Waals surface area contributed by atoms with Gasteiger partial charge in [-0.2, -0.15) is 0 Å². The van der Waals surface area contributed by atoms with Crippen LogP contribution in [0.15, 0.2) is 29.3 Å². The molecule has 0 spiro atoms. The summed E-state index contributed by atoms with van der Waals surface area (Å²) in [7, 11) is 1.87. The standard InChI is InChI=1S/C16H23ClN4/c1-12-10-15(12)19-16(18-2)21-8-6-20(7-9-21)14-5-3-4-13(17)11-14/h3-5,11-12,15H,6-10H2,1-2H3,(H,18,19). The summed E-state index contributed by atoms with van der Waals surface area (Å²) in [6.07, 6.45) is 1.27. The molecule has 1 aliphatic carbocycles. The first-order valence-electron chi connectivity index (χ1n) is 7.66. The van der Waals surface area contributed by atoms with Crippen molar-refractivity contribution in [3.05, 3.63) is 29.3 Å². The molecule has 4 nitrogen and oxygen atoms in total. The lowest BCUT2D eigenvalue weighted by Gasteiger charge is -2.37. The van der Waals surface area contributed by atoms with Crippen LogP contribution in [0.3, 0.4) is 0 Å². The van der Waals surface area contributed by atoms with Gasteiger partial charge < -0.3 is 15.1 Å². The average Bonchev–Trinajstić information content (AvgIpc) is 3.20. The van der Waals surface area contributed by atoms with E-state index in [1.165, 1.54) is 12.1 Å². The van der Waals surface area contributed by atoms with E-state index in [1.54, 1.807) is 0 Å². The minimum atomic E-state index is 0.620. The zero-order valence-electron chi connectivity index (χ0n) is 12.7. The highest BCUT2D eigenvalue weighted by molar-refractivity contribution is 6.30. The van der Waals surface area contributed by atoms with Gasteiger partial charge in [0, 0.05) is 50.0 Å². The first-order valence-corrected chi connectivity index (χ1v) is 8.04. The largest absolute Gasteiger partial charge is 0.368 e. The molecule has 2 atom stereocenters. The van der Waals surface area contributed by atoms with Crippen molar-refractivity contribution >= 4 is 23.2 Å². The zero-order chi connectivity index (χ0) is 14.8. The smallest absolute Gasteiger partial charge is 0.193 e. The molecule has 114 valence electrons. The van der Waals surface area contributed by atoms with Crippen molar-refractivity contribution in [3.8, 4) is 0 Å². The average molecular weight is 307 g/mol. The molecule has 1 saturated carbocycles. The van der Waals surface area contributed by atoms with Crippen molar-refractivity contribution in [1.29, 1.82) is 0 Å². The molecule has 0 amide bonds. The van der Waals surface area contributed by atoms with Gasteiger partial charge in [-0.05, 0) is 30.5 Å². The van der Waals surface area contributed by atoms with Crippen molar-refractivity contribution in [2.45, 2.75) is 19.4 Å². The van der Waals surface area contributed by atoms with Gasteiger partial charge in [0.05, 0.1) is 0 Å². The number of hydrogen-bond donors (Lipinski definition) is 1. The number of nitrogens with zero attached hydrogens (tertiary/aromatic N) is 3. The molecule has 0 bridgehead atoms. The monoisotopic (exact) mass is 306 g/mol. The summed E-state index contributed by atoms with van der Waals surface area (Å²) in [5.41, 5.74) is 1.21. The number of hydrogen-bond acceptors (Lipinski definition) is 2. The van der Waals surface area contributed by atoms with Gasteiger partial charge in [0.2, 0.25) is 0 Å².